The zero-order chi connectivity index (χ0) is 15.6. The molecule has 0 radical (unpaired) electrons. The minimum atomic E-state index is -0.0829. The quantitative estimate of drug-likeness (QED) is 0.324. The molecule has 0 saturated heterocycles. The normalized spacial score (nSPS) is 11.8. The van der Waals surface area contributed by atoms with Gasteiger partial charge in [0.25, 0.3) is 5.56 Å². The molecule has 0 aliphatic heterocycles. The van der Waals surface area contributed by atoms with Crippen LogP contribution < -0.4 is 11.0 Å². The molecular weight excluding hydrogens is 286 g/mol. The molecule has 2 heterocycles. The predicted octanol–water partition coefficient (Wildman–Crippen LogP) is 3.56. The van der Waals surface area contributed by atoms with Gasteiger partial charge in [0.15, 0.2) is 5.43 Å². The molecular formula is C20H11NO2. The molecule has 0 fully saturated rings. The van der Waals surface area contributed by atoms with Crippen LogP contribution in [0.4, 0.5) is 0 Å². The number of fused-ring (bicyclic) bond motifs is 4. The summed E-state index contributed by atoms with van der Waals surface area (Å²) in [6.07, 6.45) is 0. The van der Waals surface area contributed by atoms with E-state index in [1.54, 1.807) is 16.5 Å². The van der Waals surface area contributed by atoms with Gasteiger partial charge in [-0.25, -0.2) is 0 Å². The molecule has 2 aromatic heterocycles. The van der Waals surface area contributed by atoms with Gasteiger partial charge in [-0.15, -0.1) is 0 Å². The van der Waals surface area contributed by atoms with Crippen molar-refractivity contribution in [3.8, 4) is 0 Å². The van der Waals surface area contributed by atoms with Crippen LogP contribution >= 0.6 is 0 Å². The molecule has 0 amide bonds. The number of aromatic nitrogens is 1. The number of hydrogen-bond donors (Lipinski definition) is 0. The van der Waals surface area contributed by atoms with E-state index in [9.17, 15) is 9.59 Å². The Kier molecular flexibility index (Phi) is 2.24. The third kappa shape index (κ3) is 1.48. The molecule has 3 nitrogen and oxygen atoms in total. The van der Waals surface area contributed by atoms with Crippen LogP contribution in [-0.2, 0) is 0 Å². The molecule has 23 heavy (non-hydrogen) atoms. The van der Waals surface area contributed by atoms with Crippen molar-refractivity contribution in [2.24, 2.45) is 0 Å². The van der Waals surface area contributed by atoms with E-state index >= 15 is 0 Å². The van der Waals surface area contributed by atoms with Crippen molar-refractivity contribution in [1.82, 2.24) is 4.40 Å². The molecule has 3 heteroatoms. The van der Waals surface area contributed by atoms with Gasteiger partial charge in [-0.2, -0.15) is 0 Å². The molecule has 0 aliphatic rings. The molecule has 0 atom stereocenters. The lowest BCUT2D eigenvalue weighted by atomic mass is 10.0. The van der Waals surface area contributed by atoms with Crippen molar-refractivity contribution in [2.75, 3.05) is 0 Å². The van der Waals surface area contributed by atoms with Crippen LogP contribution in [0, 0.1) is 0 Å². The summed E-state index contributed by atoms with van der Waals surface area (Å²) in [7, 11) is 0. The SMILES string of the molecule is O=c1cc2c3cccc4cccc(c(=O)n2c2ccccc12)c43. The molecule has 0 saturated carbocycles. The number of rotatable bonds is 0. The van der Waals surface area contributed by atoms with Crippen LogP contribution in [0.5, 0.6) is 0 Å². The average molecular weight is 297 g/mol. The summed E-state index contributed by atoms with van der Waals surface area (Å²) in [5.74, 6) is 0. The molecule has 0 bridgehead atoms. The van der Waals surface area contributed by atoms with Crippen molar-refractivity contribution in [1.29, 1.82) is 0 Å². The minimum absolute atomic E-state index is 0.0592. The summed E-state index contributed by atoms with van der Waals surface area (Å²) >= 11 is 0. The van der Waals surface area contributed by atoms with Gasteiger partial charge in [-0.1, -0.05) is 42.5 Å². The van der Waals surface area contributed by atoms with Gasteiger partial charge < -0.3 is 0 Å². The highest BCUT2D eigenvalue weighted by atomic mass is 16.1. The van der Waals surface area contributed by atoms with Gasteiger partial charge >= 0.3 is 0 Å². The maximum Gasteiger partial charge on any atom is 0.263 e. The first kappa shape index (κ1) is 12.4. The second kappa shape index (κ2) is 4.17. The fourth-order valence-corrected chi connectivity index (χ4v) is 3.54. The Morgan fingerprint density at radius 2 is 1.35 bits per heavy atom. The highest BCUT2D eigenvalue weighted by Gasteiger charge is 2.13. The van der Waals surface area contributed by atoms with Crippen molar-refractivity contribution in [3.05, 3.63) is 87.3 Å². The summed E-state index contributed by atoms with van der Waals surface area (Å²) < 4.78 is 1.66. The topological polar surface area (TPSA) is 38.5 Å². The van der Waals surface area contributed by atoms with E-state index < -0.39 is 0 Å². The molecule has 0 spiro atoms. The van der Waals surface area contributed by atoms with Crippen LogP contribution in [-0.4, -0.2) is 4.40 Å². The van der Waals surface area contributed by atoms with E-state index in [0.29, 0.717) is 21.8 Å². The number of hydrogen-bond acceptors (Lipinski definition) is 2. The zero-order valence-electron chi connectivity index (χ0n) is 12.1. The monoisotopic (exact) mass is 297 g/mol. The standard InChI is InChI=1S/C20H11NO2/c22-18-11-17-14-8-3-5-12-6-4-9-15(19(12)14)20(23)21(17)16-10-2-1-7-13(16)18/h1-11H. The molecule has 0 aliphatic carbocycles. The van der Waals surface area contributed by atoms with Gasteiger partial charge in [0.1, 0.15) is 0 Å². The summed E-state index contributed by atoms with van der Waals surface area (Å²) in [4.78, 5) is 25.5. The average Bonchev–Trinajstić information content (AvgIpc) is 2.59. The van der Waals surface area contributed by atoms with Gasteiger partial charge in [-0.05, 0) is 23.6 Å². The van der Waals surface area contributed by atoms with Crippen LogP contribution in [0.2, 0.25) is 0 Å². The molecule has 3 aromatic carbocycles. The fraction of sp³-hybridized carbons (Fsp3) is 0. The summed E-state index contributed by atoms with van der Waals surface area (Å²) in [5.41, 5.74) is 1.19. The lowest BCUT2D eigenvalue weighted by Gasteiger charge is -2.11. The highest BCUT2D eigenvalue weighted by Crippen LogP contribution is 2.28. The van der Waals surface area contributed by atoms with Crippen LogP contribution in [0.1, 0.15) is 0 Å². The number of pyridine rings is 2. The van der Waals surface area contributed by atoms with Crippen LogP contribution in [0.25, 0.3) is 38.0 Å². The lowest BCUT2D eigenvalue weighted by molar-refractivity contribution is 1.18. The molecule has 0 unspecified atom stereocenters. The fourth-order valence-electron chi connectivity index (χ4n) is 3.54. The van der Waals surface area contributed by atoms with Crippen LogP contribution in [0.3, 0.4) is 0 Å². The highest BCUT2D eigenvalue weighted by molar-refractivity contribution is 6.15. The van der Waals surface area contributed by atoms with Crippen molar-refractivity contribution < 1.29 is 0 Å². The predicted molar refractivity (Wildman–Crippen MR) is 93.6 cm³/mol. The van der Waals surface area contributed by atoms with Gasteiger partial charge in [0.2, 0.25) is 0 Å². The molecule has 5 aromatic rings. The third-order valence-electron chi connectivity index (χ3n) is 4.53. The minimum Gasteiger partial charge on any atom is -0.289 e. The Balaban J connectivity index is 2.28. The van der Waals surface area contributed by atoms with E-state index in [1.807, 2.05) is 54.6 Å². The Morgan fingerprint density at radius 1 is 0.652 bits per heavy atom. The van der Waals surface area contributed by atoms with Gasteiger partial charge in [0, 0.05) is 27.6 Å². The zero-order valence-corrected chi connectivity index (χ0v) is 12.1. The van der Waals surface area contributed by atoms with Gasteiger partial charge in [-0.3, -0.25) is 14.0 Å². The number of para-hydroxylation sites is 1. The largest absolute Gasteiger partial charge is 0.289 e. The maximum atomic E-state index is 13.1. The molecule has 108 valence electrons. The second-order valence-corrected chi connectivity index (χ2v) is 5.76. The Morgan fingerprint density at radius 3 is 2.17 bits per heavy atom. The first-order valence-corrected chi connectivity index (χ1v) is 7.47. The summed E-state index contributed by atoms with van der Waals surface area (Å²) in [5, 5.41) is 4.12. The van der Waals surface area contributed by atoms with E-state index in [4.69, 9.17) is 0 Å². The van der Waals surface area contributed by atoms with Crippen molar-refractivity contribution >= 4 is 38.0 Å². The van der Waals surface area contributed by atoms with E-state index in [0.717, 1.165) is 16.2 Å². The smallest absolute Gasteiger partial charge is 0.263 e. The lowest BCUT2D eigenvalue weighted by Crippen LogP contribution is -2.18. The molecule has 5 rings (SSSR count). The van der Waals surface area contributed by atoms with E-state index in [2.05, 4.69) is 0 Å². The van der Waals surface area contributed by atoms with Gasteiger partial charge in [0.05, 0.1) is 11.0 Å². The molecule has 0 N–H and O–H groups in total. The second-order valence-electron chi connectivity index (χ2n) is 5.76. The first-order chi connectivity index (χ1) is 11.3. The van der Waals surface area contributed by atoms with Crippen molar-refractivity contribution in [3.63, 3.8) is 0 Å². The first-order valence-electron chi connectivity index (χ1n) is 7.47. The third-order valence-corrected chi connectivity index (χ3v) is 4.53. The van der Waals surface area contributed by atoms with E-state index in [-0.39, 0.29) is 11.0 Å². The number of nitrogens with zero attached hydrogens (tertiary/aromatic N) is 1. The Labute approximate surface area is 130 Å². The van der Waals surface area contributed by atoms with E-state index in [1.165, 1.54) is 0 Å². The van der Waals surface area contributed by atoms with Crippen molar-refractivity contribution in [2.45, 2.75) is 0 Å². The van der Waals surface area contributed by atoms with Crippen LogP contribution in [0.15, 0.2) is 76.3 Å². The summed E-state index contributed by atoms with van der Waals surface area (Å²) in [6, 6.07) is 20.5. The number of benzene rings is 3. The Hall–Kier alpha value is -3.20. The maximum absolute atomic E-state index is 13.1. The Bertz CT molecular complexity index is 1340. The summed E-state index contributed by atoms with van der Waals surface area (Å²) in [6.45, 7) is 0.